The number of imidazole rings is 1. The van der Waals surface area contributed by atoms with Crippen LogP contribution in [0.5, 0.6) is 0 Å². The molecule has 1 saturated heterocycles. The molecular weight excluding hydrogens is 326 g/mol. The van der Waals surface area contributed by atoms with Crippen molar-refractivity contribution in [2.75, 3.05) is 13.2 Å². The summed E-state index contributed by atoms with van der Waals surface area (Å²) in [5.74, 6) is 0.0312. The third kappa shape index (κ3) is 3.26. The van der Waals surface area contributed by atoms with Gasteiger partial charge in [-0.15, -0.1) is 0 Å². The van der Waals surface area contributed by atoms with Gasteiger partial charge in [0.15, 0.2) is 0 Å². The fourth-order valence-electron chi connectivity index (χ4n) is 3.29. The molecule has 0 bridgehead atoms. The highest BCUT2D eigenvalue weighted by Crippen LogP contribution is 2.26. The van der Waals surface area contributed by atoms with Crippen molar-refractivity contribution >= 4 is 5.91 Å². The second-order valence-corrected chi connectivity index (χ2v) is 6.56. The Bertz CT molecular complexity index is 877. The Hall–Kier alpha value is -2.92. The van der Waals surface area contributed by atoms with Crippen molar-refractivity contribution < 1.29 is 9.53 Å². The van der Waals surface area contributed by atoms with E-state index in [-0.39, 0.29) is 18.1 Å². The van der Waals surface area contributed by atoms with Gasteiger partial charge in [-0.05, 0) is 30.7 Å². The summed E-state index contributed by atoms with van der Waals surface area (Å²) in [6.07, 6.45) is 5.23. The maximum Gasteiger partial charge on any atom is 0.254 e. The van der Waals surface area contributed by atoms with Gasteiger partial charge in [-0.3, -0.25) is 4.79 Å². The van der Waals surface area contributed by atoms with E-state index in [1.807, 2.05) is 77.2 Å². The second kappa shape index (κ2) is 7.14. The molecule has 0 spiro atoms. The van der Waals surface area contributed by atoms with Crippen molar-refractivity contribution in [1.29, 1.82) is 0 Å². The number of carbonyl (C=O) groups excluding carboxylic acids is 1. The fourth-order valence-corrected chi connectivity index (χ4v) is 3.29. The van der Waals surface area contributed by atoms with Gasteiger partial charge >= 0.3 is 0 Å². The second-order valence-electron chi connectivity index (χ2n) is 6.56. The van der Waals surface area contributed by atoms with Crippen LogP contribution in [0.4, 0.5) is 0 Å². The monoisotopic (exact) mass is 347 g/mol. The van der Waals surface area contributed by atoms with Crippen molar-refractivity contribution in [1.82, 2.24) is 14.5 Å². The Balaban J connectivity index is 1.57. The molecule has 2 aromatic carbocycles. The highest BCUT2D eigenvalue weighted by Gasteiger charge is 2.31. The van der Waals surface area contributed by atoms with Gasteiger partial charge < -0.3 is 14.2 Å². The molecule has 1 fully saturated rings. The van der Waals surface area contributed by atoms with Crippen LogP contribution in [0.25, 0.3) is 5.69 Å². The Morgan fingerprint density at radius 1 is 1.15 bits per heavy atom. The molecule has 132 valence electrons. The molecule has 1 aliphatic rings. The summed E-state index contributed by atoms with van der Waals surface area (Å²) in [6.45, 7) is 3.12. The van der Waals surface area contributed by atoms with Crippen LogP contribution < -0.4 is 0 Å². The van der Waals surface area contributed by atoms with Crippen LogP contribution >= 0.6 is 0 Å². The minimum Gasteiger partial charge on any atom is -0.370 e. The van der Waals surface area contributed by atoms with Crippen LogP contribution in [0.3, 0.4) is 0 Å². The number of nitrogens with zero attached hydrogens (tertiary/aromatic N) is 3. The molecule has 5 heteroatoms. The molecule has 1 aromatic heterocycles. The van der Waals surface area contributed by atoms with E-state index >= 15 is 0 Å². The number of ether oxygens (including phenoxy) is 1. The first kappa shape index (κ1) is 16.5. The Morgan fingerprint density at radius 2 is 2.00 bits per heavy atom. The molecule has 5 nitrogen and oxygen atoms in total. The number of amides is 1. The van der Waals surface area contributed by atoms with E-state index in [0.717, 1.165) is 11.3 Å². The van der Waals surface area contributed by atoms with E-state index in [9.17, 15) is 4.79 Å². The maximum absolute atomic E-state index is 13.2. The molecule has 0 radical (unpaired) electrons. The topological polar surface area (TPSA) is 47.4 Å². The van der Waals surface area contributed by atoms with Crippen LogP contribution in [0.15, 0.2) is 73.3 Å². The van der Waals surface area contributed by atoms with Crippen LogP contribution in [0.1, 0.15) is 28.9 Å². The molecule has 0 aliphatic carbocycles. The quantitative estimate of drug-likeness (QED) is 0.729. The molecule has 3 aromatic rings. The Labute approximate surface area is 152 Å². The number of aromatic nitrogens is 2. The fraction of sp³-hybridized carbons (Fsp3) is 0.238. The third-order valence-electron chi connectivity index (χ3n) is 4.76. The van der Waals surface area contributed by atoms with Crippen molar-refractivity contribution in [3.05, 3.63) is 84.4 Å². The lowest BCUT2D eigenvalue weighted by molar-refractivity contribution is -0.0486. The average Bonchev–Trinajstić information content (AvgIpc) is 3.23. The van der Waals surface area contributed by atoms with E-state index < -0.39 is 0 Å². The van der Waals surface area contributed by atoms with Gasteiger partial charge in [0, 0.05) is 23.6 Å². The Kier molecular flexibility index (Phi) is 4.54. The molecule has 0 N–H and O–H groups in total. The van der Waals surface area contributed by atoms with Gasteiger partial charge in [-0.25, -0.2) is 4.98 Å². The molecule has 2 atom stereocenters. The number of rotatable bonds is 3. The van der Waals surface area contributed by atoms with E-state index in [1.54, 1.807) is 12.5 Å². The van der Waals surface area contributed by atoms with Crippen LogP contribution in [-0.4, -0.2) is 39.6 Å². The number of benzene rings is 2. The lowest BCUT2D eigenvalue weighted by Gasteiger charge is -2.38. The van der Waals surface area contributed by atoms with Crippen LogP contribution in [0, 0.1) is 0 Å². The van der Waals surface area contributed by atoms with E-state index in [4.69, 9.17) is 4.74 Å². The summed E-state index contributed by atoms with van der Waals surface area (Å²) in [5, 5.41) is 0. The molecule has 26 heavy (non-hydrogen) atoms. The lowest BCUT2D eigenvalue weighted by Crippen LogP contribution is -2.48. The maximum atomic E-state index is 13.2. The van der Waals surface area contributed by atoms with Crippen molar-refractivity contribution in [3.8, 4) is 5.69 Å². The lowest BCUT2D eigenvalue weighted by atomic mass is 10.0. The molecule has 1 aliphatic heterocycles. The summed E-state index contributed by atoms with van der Waals surface area (Å²) in [5.41, 5.74) is 2.70. The van der Waals surface area contributed by atoms with Crippen molar-refractivity contribution in [2.45, 2.75) is 19.1 Å². The number of carbonyl (C=O) groups is 1. The minimum absolute atomic E-state index is 0.0312. The zero-order chi connectivity index (χ0) is 17.9. The SMILES string of the molecule is C[C@H]1CO[C@@H](c2ccccc2)CN1C(=O)c1cccc(-n2ccnc2)c1. The number of morpholine rings is 1. The first-order valence-electron chi connectivity index (χ1n) is 8.78. The van der Waals surface area contributed by atoms with E-state index in [1.165, 1.54) is 0 Å². The van der Waals surface area contributed by atoms with Crippen molar-refractivity contribution in [3.63, 3.8) is 0 Å². The van der Waals surface area contributed by atoms with Gasteiger partial charge in [-0.2, -0.15) is 0 Å². The van der Waals surface area contributed by atoms with Crippen molar-refractivity contribution in [2.24, 2.45) is 0 Å². The number of hydrogen-bond donors (Lipinski definition) is 0. The predicted molar refractivity (Wildman–Crippen MR) is 99.2 cm³/mol. The van der Waals surface area contributed by atoms with Gasteiger partial charge in [-0.1, -0.05) is 36.4 Å². The third-order valence-corrected chi connectivity index (χ3v) is 4.76. The van der Waals surface area contributed by atoms with Gasteiger partial charge in [0.25, 0.3) is 5.91 Å². The normalized spacial score (nSPS) is 20.1. The van der Waals surface area contributed by atoms with Gasteiger partial charge in [0.1, 0.15) is 6.10 Å². The zero-order valence-electron chi connectivity index (χ0n) is 14.7. The van der Waals surface area contributed by atoms with Crippen LogP contribution in [-0.2, 0) is 4.74 Å². The first-order chi connectivity index (χ1) is 12.7. The summed E-state index contributed by atoms with van der Waals surface area (Å²) in [7, 11) is 0. The number of hydrogen-bond acceptors (Lipinski definition) is 3. The molecule has 4 rings (SSSR count). The summed E-state index contributed by atoms with van der Waals surface area (Å²) < 4.78 is 7.86. The van der Waals surface area contributed by atoms with E-state index in [2.05, 4.69) is 4.98 Å². The molecule has 0 saturated carbocycles. The molecule has 0 unspecified atom stereocenters. The zero-order valence-corrected chi connectivity index (χ0v) is 14.7. The highest BCUT2D eigenvalue weighted by atomic mass is 16.5. The molecular formula is C21H21N3O2. The summed E-state index contributed by atoms with van der Waals surface area (Å²) >= 11 is 0. The highest BCUT2D eigenvalue weighted by molar-refractivity contribution is 5.95. The Morgan fingerprint density at radius 3 is 2.77 bits per heavy atom. The van der Waals surface area contributed by atoms with Gasteiger partial charge in [0.2, 0.25) is 0 Å². The molecule has 1 amide bonds. The average molecular weight is 347 g/mol. The van der Waals surface area contributed by atoms with Gasteiger partial charge in [0.05, 0.1) is 25.5 Å². The standard InChI is InChI=1S/C21H21N3O2/c1-16-14-26-20(17-6-3-2-4-7-17)13-24(16)21(25)18-8-5-9-19(12-18)23-11-10-22-15-23/h2-12,15-16,20H,13-14H2,1H3/t16-,20+/m0/s1. The predicted octanol–water partition coefficient (Wildman–Crippen LogP) is 3.47. The smallest absolute Gasteiger partial charge is 0.254 e. The largest absolute Gasteiger partial charge is 0.370 e. The van der Waals surface area contributed by atoms with E-state index in [0.29, 0.717) is 18.7 Å². The first-order valence-corrected chi connectivity index (χ1v) is 8.78. The summed E-state index contributed by atoms with van der Waals surface area (Å²) in [4.78, 5) is 19.1. The summed E-state index contributed by atoms with van der Waals surface area (Å²) in [6, 6.07) is 17.8. The minimum atomic E-state index is -0.0896. The molecule has 2 heterocycles. The van der Waals surface area contributed by atoms with Crippen LogP contribution in [0.2, 0.25) is 0 Å².